The number of nitrogens with two attached hydrogens (primary N) is 1. The normalized spacial score (nSPS) is 22.6. The highest BCUT2D eigenvalue weighted by molar-refractivity contribution is 7.98. The first-order chi connectivity index (χ1) is 15.5. The highest BCUT2D eigenvalue weighted by Gasteiger charge is 2.47. The number of nitrogens with zero attached hydrogens (tertiary/aromatic N) is 4. The van der Waals surface area contributed by atoms with Gasteiger partial charge in [-0.2, -0.15) is 5.10 Å². The monoisotopic (exact) mass is 525 g/mol. The Morgan fingerprint density at radius 2 is 1.71 bits per heavy atom. The lowest BCUT2D eigenvalue weighted by molar-refractivity contribution is -0.0428. The van der Waals surface area contributed by atoms with Crippen LogP contribution in [-0.4, -0.2) is 61.5 Å². The largest absolute Gasteiger partial charge is 0.414 e. The lowest BCUT2D eigenvalue weighted by Gasteiger charge is -2.40. The average molecular weight is 526 g/mol. The van der Waals surface area contributed by atoms with Gasteiger partial charge in [-0.1, -0.05) is 41.5 Å². The van der Waals surface area contributed by atoms with Crippen LogP contribution in [0, 0.1) is 0 Å². The van der Waals surface area contributed by atoms with Gasteiger partial charge in [0.05, 0.1) is 18.1 Å². The summed E-state index contributed by atoms with van der Waals surface area (Å²) in [5.41, 5.74) is 6.87. The Balaban J connectivity index is 1.93. The van der Waals surface area contributed by atoms with E-state index in [1.54, 1.807) is 0 Å². The van der Waals surface area contributed by atoms with Crippen molar-refractivity contribution in [2.75, 3.05) is 18.6 Å². The zero-order valence-corrected chi connectivity index (χ0v) is 25.5. The molecule has 3 unspecified atom stereocenters. The molecule has 3 rings (SSSR count). The minimum atomic E-state index is -2.02. The molecule has 0 spiro atoms. The fourth-order valence-corrected chi connectivity index (χ4v) is 6.43. The Hall–Kier alpha value is -0.986. The molecule has 11 heteroatoms. The predicted octanol–water partition coefficient (Wildman–Crippen LogP) is 5.83. The number of nitrogen functional groups attached to an aromatic ring is 1. The third-order valence-corrected chi connectivity index (χ3v) is 17.5. The van der Waals surface area contributed by atoms with Crippen LogP contribution in [0.1, 0.15) is 54.2 Å². The van der Waals surface area contributed by atoms with E-state index in [-0.39, 0.29) is 28.5 Å². The smallest absolute Gasteiger partial charge is 0.192 e. The Morgan fingerprint density at radius 3 is 2.26 bits per heavy atom. The van der Waals surface area contributed by atoms with Crippen LogP contribution < -0.4 is 5.73 Å². The third kappa shape index (κ3) is 5.39. The van der Waals surface area contributed by atoms with Crippen molar-refractivity contribution in [3.05, 3.63) is 6.33 Å². The second-order valence-electron chi connectivity index (χ2n) is 12.3. The van der Waals surface area contributed by atoms with E-state index in [1.807, 2.05) is 10.9 Å². The van der Waals surface area contributed by atoms with Crippen LogP contribution in [0.5, 0.6) is 0 Å². The molecule has 8 nitrogen and oxygen atoms in total. The molecule has 0 bridgehead atoms. The van der Waals surface area contributed by atoms with Crippen molar-refractivity contribution in [2.45, 2.75) is 108 Å². The molecule has 1 aliphatic heterocycles. The van der Waals surface area contributed by atoms with E-state index in [4.69, 9.17) is 24.4 Å². The maximum absolute atomic E-state index is 6.89. The maximum atomic E-state index is 6.89. The van der Waals surface area contributed by atoms with Gasteiger partial charge >= 0.3 is 0 Å². The number of thioether (sulfide) groups is 1. The number of hydrogen-bond acceptors (Lipinski definition) is 8. The van der Waals surface area contributed by atoms with Crippen LogP contribution in [0.25, 0.3) is 11.0 Å². The lowest BCUT2D eigenvalue weighted by atomic mass is 10.2. The van der Waals surface area contributed by atoms with Crippen molar-refractivity contribution in [1.82, 2.24) is 19.7 Å². The molecule has 2 aromatic heterocycles. The van der Waals surface area contributed by atoms with Crippen LogP contribution in [0.3, 0.4) is 0 Å². The van der Waals surface area contributed by atoms with Crippen molar-refractivity contribution in [3.8, 4) is 0 Å². The van der Waals surface area contributed by atoms with E-state index in [0.29, 0.717) is 24.5 Å². The lowest BCUT2D eigenvalue weighted by Crippen LogP contribution is -2.48. The zero-order valence-electron chi connectivity index (χ0n) is 22.7. The predicted molar refractivity (Wildman–Crippen MR) is 145 cm³/mol. The number of aromatic nitrogens is 4. The van der Waals surface area contributed by atoms with Crippen molar-refractivity contribution in [3.63, 3.8) is 0 Å². The highest BCUT2D eigenvalue weighted by atomic mass is 32.2. The molecule has 0 aliphatic carbocycles. The summed E-state index contributed by atoms with van der Waals surface area (Å²) in [6, 6.07) is 0. The Labute approximate surface area is 211 Å². The van der Waals surface area contributed by atoms with Gasteiger partial charge in [-0.3, -0.25) is 0 Å². The molecular weight excluding hydrogens is 483 g/mol. The number of anilines is 1. The number of fused-ring (bicyclic) bond motifs is 1. The van der Waals surface area contributed by atoms with Gasteiger partial charge in [0, 0.05) is 6.42 Å². The van der Waals surface area contributed by atoms with E-state index >= 15 is 0 Å². The zero-order chi connectivity index (χ0) is 25.7. The molecule has 2 aromatic rings. The highest BCUT2D eigenvalue weighted by Crippen LogP contribution is 2.43. The van der Waals surface area contributed by atoms with Crippen LogP contribution in [0.2, 0.25) is 36.3 Å². The molecule has 0 amide bonds. The van der Waals surface area contributed by atoms with E-state index in [1.165, 1.54) is 18.1 Å². The summed E-state index contributed by atoms with van der Waals surface area (Å²) in [5.74, 6) is 0.436. The second kappa shape index (κ2) is 9.47. The molecule has 1 saturated heterocycles. The quantitative estimate of drug-likeness (QED) is 0.356. The molecule has 192 valence electrons. The summed E-state index contributed by atoms with van der Waals surface area (Å²) in [5, 5.41) is 6.62. The van der Waals surface area contributed by atoms with Crippen molar-refractivity contribution >= 4 is 45.2 Å². The van der Waals surface area contributed by atoms with Gasteiger partial charge in [0.1, 0.15) is 23.3 Å². The van der Waals surface area contributed by atoms with Crippen LogP contribution >= 0.6 is 11.8 Å². The first-order valence-corrected chi connectivity index (χ1v) is 19.0. The Bertz CT molecular complexity index is 1020. The summed E-state index contributed by atoms with van der Waals surface area (Å²) >= 11 is 1.53. The topological polar surface area (TPSA) is 97.3 Å². The van der Waals surface area contributed by atoms with Crippen molar-refractivity contribution in [1.29, 1.82) is 0 Å². The molecular formula is C23H43N5O3SSi2. The standard InChI is InChI=1S/C23H43N5O3SSi2/c1-22(2,3)33(8,9)29-13-16-15(31-34(10,11)23(4,5)6)12-17(30-16)28-20-18(21(27-28)32-7)19(24)25-14-26-20/h14-17H,12-13H2,1-11H3,(H2,24,25,26). The van der Waals surface area contributed by atoms with E-state index in [0.717, 1.165) is 10.4 Å². The minimum Gasteiger partial charge on any atom is -0.414 e. The van der Waals surface area contributed by atoms with Gasteiger partial charge in [0.25, 0.3) is 0 Å². The molecule has 0 radical (unpaired) electrons. The summed E-state index contributed by atoms with van der Waals surface area (Å²) in [4.78, 5) is 8.66. The van der Waals surface area contributed by atoms with Gasteiger partial charge in [-0.15, -0.1) is 11.8 Å². The minimum absolute atomic E-state index is 0.0770. The third-order valence-electron chi connectivity index (χ3n) is 7.80. The van der Waals surface area contributed by atoms with Gasteiger partial charge in [0.2, 0.25) is 0 Å². The van der Waals surface area contributed by atoms with Gasteiger partial charge in [0.15, 0.2) is 28.5 Å². The van der Waals surface area contributed by atoms with Crippen molar-refractivity contribution < 1.29 is 13.6 Å². The molecule has 2 N–H and O–H groups in total. The number of ether oxygens (including phenoxy) is 1. The summed E-state index contributed by atoms with van der Waals surface area (Å²) in [6.45, 7) is 23.2. The van der Waals surface area contributed by atoms with Gasteiger partial charge < -0.3 is 19.3 Å². The Morgan fingerprint density at radius 1 is 1.09 bits per heavy atom. The summed E-state index contributed by atoms with van der Waals surface area (Å²) in [6.07, 6.45) is 3.59. The molecule has 0 saturated carbocycles. The number of hydrogen-bond donors (Lipinski definition) is 1. The van der Waals surface area contributed by atoms with Crippen LogP contribution in [-0.2, 0) is 13.6 Å². The SMILES string of the molecule is CSc1nn(C2CC(O[Si](C)(C)C(C)(C)C)C(CO[Si](C)(C)C(C)(C)C)O2)c2ncnc(N)c12. The molecule has 3 heterocycles. The summed E-state index contributed by atoms with van der Waals surface area (Å²) < 4.78 is 22.0. The fourth-order valence-electron chi connectivity index (χ4n) is 3.49. The van der Waals surface area contributed by atoms with E-state index in [2.05, 4.69) is 77.7 Å². The Kier molecular flexibility index (Phi) is 7.69. The maximum Gasteiger partial charge on any atom is 0.192 e. The van der Waals surface area contributed by atoms with Crippen molar-refractivity contribution in [2.24, 2.45) is 0 Å². The van der Waals surface area contributed by atoms with Gasteiger partial charge in [-0.05, 0) is 42.5 Å². The van der Waals surface area contributed by atoms with E-state index < -0.39 is 16.6 Å². The first-order valence-electron chi connectivity index (χ1n) is 12.0. The fraction of sp³-hybridized carbons (Fsp3) is 0.783. The van der Waals surface area contributed by atoms with Gasteiger partial charge in [-0.25, -0.2) is 14.6 Å². The molecule has 0 aromatic carbocycles. The van der Waals surface area contributed by atoms with Crippen LogP contribution in [0.4, 0.5) is 5.82 Å². The molecule has 1 fully saturated rings. The number of rotatable bonds is 7. The summed E-state index contributed by atoms with van der Waals surface area (Å²) in [7, 11) is -3.96. The van der Waals surface area contributed by atoms with E-state index in [9.17, 15) is 0 Å². The molecule has 1 aliphatic rings. The molecule has 34 heavy (non-hydrogen) atoms. The molecule has 3 atom stereocenters. The average Bonchev–Trinajstić information content (AvgIpc) is 3.26. The first kappa shape index (κ1) is 27.6. The second-order valence-corrected chi connectivity index (χ2v) is 22.6. The van der Waals surface area contributed by atoms with Crippen LogP contribution in [0.15, 0.2) is 11.4 Å².